The first-order chi connectivity index (χ1) is 17.1. The molecule has 1 aromatic heterocycles. The molecule has 9 nitrogen and oxygen atoms in total. The van der Waals surface area contributed by atoms with Gasteiger partial charge in [0, 0.05) is 50.5 Å². The Morgan fingerprint density at radius 3 is 2.53 bits per heavy atom. The van der Waals surface area contributed by atoms with Crippen LogP contribution in [0.4, 0.5) is 0 Å². The van der Waals surface area contributed by atoms with Crippen molar-refractivity contribution >= 4 is 21.8 Å². The maximum Gasteiger partial charge on any atom is 0.264 e. The van der Waals surface area contributed by atoms with Crippen LogP contribution in [0.2, 0.25) is 0 Å². The zero-order valence-corrected chi connectivity index (χ0v) is 21.7. The minimum absolute atomic E-state index is 0.0700. The molecular formula is C26H33N5O4S. The molecule has 0 unspecified atom stereocenters. The van der Waals surface area contributed by atoms with E-state index in [0.717, 1.165) is 35.9 Å². The second-order valence-electron chi connectivity index (χ2n) is 10.2. The average Bonchev–Trinajstić information content (AvgIpc) is 2.83. The van der Waals surface area contributed by atoms with Gasteiger partial charge in [0.1, 0.15) is 6.04 Å². The summed E-state index contributed by atoms with van der Waals surface area (Å²) in [5, 5.41) is 5.61. The SMILES string of the molecule is Cc1ccc(S(=O)(=O)N2C=CNC(=O)[C@H]2CC(=O)N[C@H]2CCN(Cc3ccncc3)CC2(C)C)cc1. The Labute approximate surface area is 212 Å². The molecule has 10 heteroatoms. The van der Waals surface area contributed by atoms with Crippen LogP contribution < -0.4 is 10.6 Å². The van der Waals surface area contributed by atoms with Crippen molar-refractivity contribution in [3.63, 3.8) is 0 Å². The number of aryl methyl sites for hydroxylation is 1. The standard InChI is InChI=1S/C26H33N5O4S/c1-19-4-6-21(7-5-19)36(34,35)31-15-13-28-25(33)22(31)16-24(32)29-23-10-14-30(18-26(23,2)3)17-20-8-11-27-12-9-20/h4-9,11-13,15,22-23H,10,14,16-18H2,1-3H3,(H,28,33)(H,29,32)/t22-,23+/m1/s1. The number of pyridine rings is 1. The second kappa shape index (κ2) is 10.4. The molecule has 0 spiro atoms. The van der Waals surface area contributed by atoms with E-state index in [1.54, 1.807) is 24.5 Å². The zero-order valence-electron chi connectivity index (χ0n) is 20.8. The lowest BCUT2D eigenvalue weighted by molar-refractivity contribution is -0.130. The van der Waals surface area contributed by atoms with Crippen LogP contribution in [0.25, 0.3) is 0 Å². The molecule has 0 aliphatic carbocycles. The monoisotopic (exact) mass is 511 g/mol. The summed E-state index contributed by atoms with van der Waals surface area (Å²) in [5.74, 6) is -0.884. The molecule has 3 heterocycles. The number of sulfonamides is 1. The summed E-state index contributed by atoms with van der Waals surface area (Å²) in [7, 11) is -4.00. The molecule has 0 saturated carbocycles. The molecular weight excluding hydrogens is 478 g/mol. The third kappa shape index (κ3) is 5.76. The lowest BCUT2D eigenvalue weighted by atomic mass is 9.79. The lowest BCUT2D eigenvalue weighted by Crippen LogP contribution is -2.57. The van der Waals surface area contributed by atoms with Crippen molar-refractivity contribution in [1.29, 1.82) is 0 Å². The fourth-order valence-corrected chi connectivity index (χ4v) is 6.27. The number of carbonyl (C=O) groups is 2. The lowest BCUT2D eigenvalue weighted by Gasteiger charge is -2.44. The van der Waals surface area contributed by atoms with Crippen molar-refractivity contribution in [2.24, 2.45) is 5.41 Å². The minimum atomic E-state index is -4.00. The molecule has 1 aromatic carbocycles. The molecule has 2 amide bonds. The molecule has 192 valence electrons. The van der Waals surface area contributed by atoms with Crippen LogP contribution in [0.15, 0.2) is 66.1 Å². The summed E-state index contributed by atoms with van der Waals surface area (Å²) in [6.07, 6.45) is 6.64. The van der Waals surface area contributed by atoms with Crippen LogP contribution >= 0.6 is 0 Å². The van der Waals surface area contributed by atoms with Crippen LogP contribution in [-0.4, -0.2) is 59.6 Å². The number of rotatable bonds is 7. The number of hydrogen-bond donors (Lipinski definition) is 2. The van der Waals surface area contributed by atoms with Gasteiger partial charge in [0.2, 0.25) is 11.8 Å². The highest BCUT2D eigenvalue weighted by Crippen LogP contribution is 2.30. The van der Waals surface area contributed by atoms with Gasteiger partial charge in [-0.3, -0.25) is 23.8 Å². The summed E-state index contributed by atoms with van der Waals surface area (Å²) in [5.41, 5.74) is 1.91. The first kappa shape index (κ1) is 25.8. The Balaban J connectivity index is 1.42. The minimum Gasteiger partial charge on any atom is -0.353 e. The van der Waals surface area contributed by atoms with Gasteiger partial charge in [0.15, 0.2) is 0 Å². The van der Waals surface area contributed by atoms with Crippen molar-refractivity contribution < 1.29 is 18.0 Å². The fourth-order valence-electron chi connectivity index (χ4n) is 4.82. The molecule has 1 fully saturated rings. The van der Waals surface area contributed by atoms with Gasteiger partial charge in [-0.1, -0.05) is 31.5 Å². The highest BCUT2D eigenvalue weighted by molar-refractivity contribution is 7.89. The smallest absolute Gasteiger partial charge is 0.264 e. The fraction of sp³-hybridized carbons (Fsp3) is 0.423. The molecule has 0 radical (unpaired) electrons. The summed E-state index contributed by atoms with van der Waals surface area (Å²) in [6, 6.07) is 9.15. The maximum atomic E-state index is 13.3. The van der Waals surface area contributed by atoms with Gasteiger partial charge >= 0.3 is 0 Å². The van der Waals surface area contributed by atoms with Crippen LogP contribution in [0.5, 0.6) is 0 Å². The number of aromatic nitrogens is 1. The van der Waals surface area contributed by atoms with E-state index < -0.39 is 22.0 Å². The van der Waals surface area contributed by atoms with E-state index in [0.29, 0.717) is 0 Å². The summed E-state index contributed by atoms with van der Waals surface area (Å²) in [6.45, 7) is 8.51. The van der Waals surface area contributed by atoms with Crippen molar-refractivity contribution in [2.75, 3.05) is 13.1 Å². The normalized spacial score (nSPS) is 22.2. The highest BCUT2D eigenvalue weighted by atomic mass is 32.2. The van der Waals surface area contributed by atoms with Gasteiger partial charge in [-0.05, 0) is 48.6 Å². The largest absolute Gasteiger partial charge is 0.353 e. The van der Waals surface area contributed by atoms with E-state index in [4.69, 9.17) is 0 Å². The van der Waals surface area contributed by atoms with Gasteiger partial charge in [0.05, 0.1) is 11.3 Å². The number of nitrogens with zero attached hydrogens (tertiary/aromatic N) is 3. The second-order valence-corrected chi connectivity index (χ2v) is 12.0. The molecule has 2 aliphatic rings. The number of likely N-dealkylation sites (tertiary alicyclic amines) is 1. The average molecular weight is 512 g/mol. The number of benzene rings is 1. The molecule has 0 bridgehead atoms. The van der Waals surface area contributed by atoms with E-state index >= 15 is 0 Å². The third-order valence-electron chi connectivity index (χ3n) is 6.83. The first-order valence-corrected chi connectivity index (χ1v) is 13.5. The van der Waals surface area contributed by atoms with Crippen LogP contribution in [0, 0.1) is 12.3 Å². The van der Waals surface area contributed by atoms with Gasteiger partial charge in [0.25, 0.3) is 10.0 Å². The van der Waals surface area contributed by atoms with Crippen molar-refractivity contribution in [3.8, 4) is 0 Å². The molecule has 1 saturated heterocycles. The summed E-state index contributed by atoms with van der Waals surface area (Å²) < 4.78 is 27.5. The van der Waals surface area contributed by atoms with Crippen LogP contribution in [0.3, 0.4) is 0 Å². The van der Waals surface area contributed by atoms with Crippen LogP contribution in [0.1, 0.15) is 37.8 Å². The molecule has 4 rings (SSSR count). The maximum absolute atomic E-state index is 13.3. The highest BCUT2D eigenvalue weighted by Gasteiger charge is 2.40. The Hall–Kier alpha value is -3.24. The number of amides is 2. The number of carbonyl (C=O) groups excluding carboxylic acids is 2. The molecule has 2 atom stereocenters. The first-order valence-electron chi connectivity index (χ1n) is 12.0. The number of hydrogen-bond acceptors (Lipinski definition) is 6. The Morgan fingerprint density at radius 1 is 1.17 bits per heavy atom. The summed E-state index contributed by atoms with van der Waals surface area (Å²) in [4.78, 5) is 32.2. The quantitative estimate of drug-likeness (QED) is 0.589. The predicted octanol–water partition coefficient (Wildman–Crippen LogP) is 2.16. The molecule has 2 aliphatic heterocycles. The van der Waals surface area contributed by atoms with E-state index in [1.165, 1.54) is 30.1 Å². The number of piperidine rings is 1. The van der Waals surface area contributed by atoms with E-state index in [-0.39, 0.29) is 28.7 Å². The molecule has 2 aromatic rings. The van der Waals surface area contributed by atoms with E-state index in [9.17, 15) is 18.0 Å². The van der Waals surface area contributed by atoms with Crippen molar-refractivity contribution in [1.82, 2.24) is 24.8 Å². The molecule has 36 heavy (non-hydrogen) atoms. The van der Waals surface area contributed by atoms with Gasteiger partial charge in [-0.15, -0.1) is 0 Å². The Morgan fingerprint density at radius 2 is 1.86 bits per heavy atom. The molecule has 2 N–H and O–H groups in total. The predicted molar refractivity (Wildman–Crippen MR) is 136 cm³/mol. The van der Waals surface area contributed by atoms with Gasteiger partial charge < -0.3 is 10.6 Å². The van der Waals surface area contributed by atoms with Crippen molar-refractivity contribution in [3.05, 3.63) is 72.3 Å². The summed E-state index contributed by atoms with van der Waals surface area (Å²) >= 11 is 0. The third-order valence-corrected chi connectivity index (χ3v) is 8.63. The zero-order chi connectivity index (χ0) is 25.9. The number of nitrogens with one attached hydrogen (secondary N) is 2. The van der Waals surface area contributed by atoms with Crippen molar-refractivity contribution in [2.45, 2.75) is 57.1 Å². The van der Waals surface area contributed by atoms with E-state index in [1.807, 2.05) is 19.1 Å². The Bertz CT molecular complexity index is 1230. The van der Waals surface area contributed by atoms with E-state index in [2.05, 4.69) is 34.4 Å². The Kier molecular flexibility index (Phi) is 7.46. The van der Waals surface area contributed by atoms with Gasteiger partial charge in [-0.2, -0.15) is 0 Å². The topological polar surface area (TPSA) is 112 Å². The van der Waals surface area contributed by atoms with Crippen LogP contribution in [-0.2, 0) is 26.2 Å². The van der Waals surface area contributed by atoms with Gasteiger partial charge in [-0.25, -0.2) is 8.42 Å².